The highest BCUT2D eigenvalue weighted by molar-refractivity contribution is 6.36. The third-order valence-corrected chi connectivity index (χ3v) is 7.43. The van der Waals surface area contributed by atoms with Crippen LogP contribution in [-0.4, -0.2) is 60.1 Å². The number of carbonyl (C=O) groups is 2. The number of hydrogen-bond donors (Lipinski definition) is 0. The first-order valence-corrected chi connectivity index (χ1v) is 14.5. The second-order valence-corrected chi connectivity index (χ2v) is 10.8. The van der Waals surface area contributed by atoms with Gasteiger partial charge < -0.3 is 23.8 Å². The maximum atomic E-state index is 14.0. The molecule has 3 aromatic carbocycles. The van der Waals surface area contributed by atoms with Gasteiger partial charge in [-0.05, 0) is 60.0 Å². The van der Waals surface area contributed by atoms with Crippen molar-refractivity contribution in [1.82, 2.24) is 14.4 Å². The lowest BCUT2D eigenvalue weighted by molar-refractivity contribution is -0.133. The van der Waals surface area contributed by atoms with Crippen LogP contribution in [0.3, 0.4) is 0 Å². The van der Waals surface area contributed by atoms with Crippen molar-refractivity contribution in [2.75, 3.05) is 33.9 Å². The van der Waals surface area contributed by atoms with E-state index in [2.05, 4.69) is 4.57 Å². The van der Waals surface area contributed by atoms with E-state index in [-0.39, 0.29) is 23.4 Å². The molecule has 0 aliphatic rings. The topological polar surface area (TPSA) is 64.0 Å². The molecule has 4 aromatic rings. The van der Waals surface area contributed by atoms with E-state index in [0.29, 0.717) is 49.8 Å². The first kappa shape index (κ1) is 31.2. The highest BCUT2D eigenvalue weighted by Crippen LogP contribution is 2.23. The molecule has 0 aliphatic carbocycles. The molecule has 0 saturated carbocycles. The Kier molecular flexibility index (Phi) is 11.5. The Hall–Kier alpha value is -3.78. The third-order valence-electron chi connectivity index (χ3n) is 6.88. The van der Waals surface area contributed by atoms with Crippen LogP contribution in [0.4, 0.5) is 0 Å². The van der Waals surface area contributed by atoms with Gasteiger partial charge in [-0.15, -0.1) is 0 Å². The van der Waals surface area contributed by atoms with Gasteiger partial charge in [-0.3, -0.25) is 9.59 Å². The van der Waals surface area contributed by atoms with E-state index in [1.807, 2.05) is 72.9 Å². The van der Waals surface area contributed by atoms with Crippen molar-refractivity contribution in [3.63, 3.8) is 0 Å². The Morgan fingerprint density at radius 2 is 1.62 bits per heavy atom. The van der Waals surface area contributed by atoms with Crippen molar-refractivity contribution < 1.29 is 19.1 Å². The van der Waals surface area contributed by atoms with Gasteiger partial charge in [-0.25, -0.2) is 0 Å². The van der Waals surface area contributed by atoms with Crippen LogP contribution >= 0.6 is 23.2 Å². The summed E-state index contributed by atoms with van der Waals surface area (Å²) in [5.41, 5.74) is 3.35. The molecular weight excluding hydrogens is 573 g/mol. The van der Waals surface area contributed by atoms with E-state index >= 15 is 0 Å². The minimum absolute atomic E-state index is 0.106. The van der Waals surface area contributed by atoms with E-state index in [4.69, 9.17) is 32.7 Å². The first-order chi connectivity index (χ1) is 20.4. The van der Waals surface area contributed by atoms with E-state index < -0.39 is 0 Å². The largest absolute Gasteiger partial charge is 0.497 e. The number of nitrogens with zero attached hydrogens (tertiary/aromatic N) is 3. The van der Waals surface area contributed by atoms with Gasteiger partial charge in [0.15, 0.2) is 0 Å². The fraction of sp³-hybridized carbons (Fsp3) is 0.273. The van der Waals surface area contributed by atoms with Gasteiger partial charge in [0.1, 0.15) is 12.3 Å². The highest BCUT2D eigenvalue weighted by atomic mass is 35.5. The summed E-state index contributed by atoms with van der Waals surface area (Å²) in [5.74, 6) is 0.284. The van der Waals surface area contributed by atoms with Gasteiger partial charge in [-0.2, -0.15) is 0 Å². The van der Waals surface area contributed by atoms with Crippen molar-refractivity contribution in [1.29, 1.82) is 0 Å². The average Bonchev–Trinajstić information content (AvgIpc) is 3.42. The van der Waals surface area contributed by atoms with Crippen molar-refractivity contribution in [3.05, 3.63) is 124 Å². The molecule has 0 atom stereocenters. The van der Waals surface area contributed by atoms with Crippen molar-refractivity contribution in [2.24, 2.45) is 0 Å². The van der Waals surface area contributed by atoms with E-state index in [1.54, 1.807) is 31.3 Å². The standard InChI is InChI=1S/C33H35Cl2N3O4/c1-41-18-8-17-37(33(40)30-15-14-27(34)20-31(30)35)24-32(39)38(21-25-9-4-3-5-10-25)23-28-12-7-16-36(28)22-26-11-6-13-29(19-26)42-2/h3-7,9-16,19-20H,8,17-18,21-24H2,1-2H3. The Morgan fingerprint density at radius 1 is 0.833 bits per heavy atom. The molecular formula is C33H35Cl2N3O4. The molecule has 0 aliphatic heterocycles. The van der Waals surface area contributed by atoms with Gasteiger partial charge in [-0.1, -0.05) is 65.7 Å². The second kappa shape index (κ2) is 15.4. The van der Waals surface area contributed by atoms with Crippen LogP contribution in [0.15, 0.2) is 91.1 Å². The van der Waals surface area contributed by atoms with Crippen LogP contribution in [0, 0.1) is 0 Å². The average molecular weight is 609 g/mol. The maximum absolute atomic E-state index is 14.0. The monoisotopic (exact) mass is 607 g/mol. The Labute approximate surface area is 257 Å². The number of ether oxygens (including phenoxy) is 2. The van der Waals surface area contributed by atoms with Crippen LogP contribution in [0.5, 0.6) is 5.75 Å². The number of methoxy groups -OCH3 is 2. The van der Waals surface area contributed by atoms with Gasteiger partial charge >= 0.3 is 0 Å². The smallest absolute Gasteiger partial charge is 0.255 e. The molecule has 0 saturated heterocycles. The summed E-state index contributed by atoms with van der Waals surface area (Å²) in [4.78, 5) is 30.9. The lowest BCUT2D eigenvalue weighted by Crippen LogP contribution is -2.43. The number of amides is 2. The molecule has 0 spiro atoms. The zero-order chi connectivity index (χ0) is 29.9. The molecule has 4 rings (SSSR count). The first-order valence-electron chi connectivity index (χ1n) is 13.7. The third kappa shape index (κ3) is 8.61. The van der Waals surface area contributed by atoms with E-state index in [9.17, 15) is 9.59 Å². The van der Waals surface area contributed by atoms with Crippen LogP contribution in [0.1, 0.15) is 33.6 Å². The maximum Gasteiger partial charge on any atom is 0.255 e. The molecule has 42 heavy (non-hydrogen) atoms. The molecule has 7 nitrogen and oxygen atoms in total. The number of carbonyl (C=O) groups excluding carboxylic acids is 2. The van der Waals surface area contributed by atoms with Gasteiger partial charge in [0.25, 0.3) is 5.91 Å². The summed E-state index contributed by atoms with van der Waals surface area (Å²) in [5, 5.41) is 0.678. The fourth-order valence-corrected chi connectivity index (χ4v) is 5.18. The Morgan fingerprint density at radius 3 is 2.36 bits per heavy atom. The van der Waals surface area contributed by atoms with Gasteiger partial charge in [0.2, 0.25) is 5.91 Å². The van der Waals surface area contributed by atoms with Crippen molar-refractivity contribution in [3.8, 4) is 5.75 Å². The molecule has 1 heterocycles. The van der Waals surface area contributed by atoms with Gasteiger partial charge in [0.05, 0.1) is 24.2 Å². The molecule has 0 bridgehead atoms. The highest BCUT2D eigenvalue weighted by Gasteiger charge is 2.25. The summed E-state index contributed by atoms with van der Waals surface area (Å²) in [6.07, 6.45) is 2.58. The molecule has 0 radical (unpaired) electrons. The summed E-state index contributed by atoms with van der Waals surface area (Å²) in [7, 11) is 3.26. The van der Waals surface area contributed by atoms with Crippen LogP contribution < -0.4 is 4.74 Å². The fourth-order valence-electron chi connectivity index (χ4n) is 4.70. The van der Waals surface area contributed by atoms with Crippen LogP contribution in [0.2, 0.25) is 10.0 Å². The number of benzene rings is 3. The lowest BCUT2D eigenvalue weighted by atomic mass is 10.1. The van der Waals surface area contributed by atoms with Crippen LogP contribution in [0.25, 0.3) is 0 Å². The summed E-state index contributed by atoms with van der Waals surface area (Å²) < 4.78 is 12.7. The molecule has 0 unspecified atom stereocenters. The normalized spacial score (nSPS) is 10.9. The molecule has 2 amide bonds. The van der Waals surface area contributed by atoms with E-state index in [0.717, 1.165) is 22.6 Å². The van der Waals surface area contributed by atoms with Crippen LogP contribution in [-0.2, 0) is 29.2 Å². The predicted octanol–water partition coefficient (Wildman–Crippen LogP) is 6.56. The van der Waals surface area contributed by atoms with Crippen molar-refractivity contribution >= 4 is 35.0 Å². The minimum Gasteiger partial charge on any atom is -0.497 e. The SMILES string of the molecule is COCCCN(CC(=O)N(Cc1ccccc1)Cc1cccn1Cc1cccc(OC)c1)C(=O)c1ccc(Cl)cc1Cl. The predicted molar refractivity (Wildman–Crippen MR) is 166 cm³/mol. The summed E-state index contributed by atoms with van der Waals surface area (Å²) >= 11 is 12.4. The number of aromatic nitrogens is 1. The zero-order valence-electron chi connectivity index (χ0n) is 23.8. The Balaban J connectivity index is 1.58. The second-order valence-electron chi connectivity index (χ2n) is 9.91. The van der Waals surface area contributed by atoms with Crippen molar-refractivity contribution in [2.45, 2.75) is 26.1 Å². The summed E-state index contributed by atoms with van der Waals surface area (Å²) in [6, 6.07) is 26.5. The quantitative estimate of drug-likeness (QED) is 0.152. The van der Waals surface area contributed by atoms with Gasteiger partial charge in [0, 0.05) is 50.3 Å². The molecule has 1 aromatic heterocycles. The molecule has 220 valence electrons. The Bertz CT molecular complexity index is 1480. The number of hydrogen-bond acceptors (Lipinski definition) is 4. The summed E-state index contributed by atoms with van der Waals surface area (Å²) in [6.45, 7) is 2.08. The number of halogens is 2. The number of rotatable bonds is 14. The zero-order valence-corrected chi connectivity index (χ0v) is 25.4. The minimum atomic E-state index is -0.331. The molecule has 0 N–H and O–H groups in total. The van der Waals surface area contributed by atoms with E-state index in [1.165, 1.54) is 11.0 Å². The molecule has 9 heteroatoms. The molecule has 0 fully saturated rings. The lowest BCUT2D eigenvalue weighted by Gasteiger charge is -2.28.